The fourth-order valence-electron chi connectivity index (χ4n) is 10.3. The van der Waals surface area contributed by atoms with E-state index in [1.165, 1.54) is 0 Å². The Balaban J connectivity index is 1.20. The van der Waals surface area contributed by atoms with Crippen LogP contribution in [0.3, 0.4) is 0 Å². The van der Waals surface area contributed by atoms with Gasteiger partial charge < -0.3 is 25.6 Å². The van der Waals surface area contributed by atoms with Gasteiger partial charge in [-0.15, -0.1) is 5.10 Å². The van der Waals surface area contributed by atoms with Crippen LogP contribution >= 0.6 is 0 Å². The lowest BCUT2D eigenvalue weighted by atomic mass is 9.65. The summed E-state index contributed by atoms with van der Waals surface area (Å²) in [6, 6.07) is 43.2. The number of aromatic nitrogens is 3. The lowest BCUT2D eigenvalue weighted by molar-refractivity contribution is -0.178. The SMILES string of the molecule is CC(NC(=O)N1C(=O)C2(c3cc(C#CCn4nnc5ccccc54)ccc31)C(C(N)=O)C1C(=O)OC(c3ccccc3)C(c3ccccc3)N1C2c1ccc(OCCO)cc1)c1ccccc1. The fraction of sp³-hybridized carbons (Fsp3) is 0.208. The summed E-state index contributed by atoms with van der Waals surface area (Å²) in [7, 11) is 0. The number of hydrogen-bond donors (Lipinski definition) is 3. The van der Waals surface area contributed by atoms with Gasteiger partial charge in [0.2, 0.25) is 11.8 Å². The predicted octanol–water partition coefficient (Wildman–Crippen LogP) is 6.48. The number of nitrogens with two attached hydrogens (primary N) is 1. The first-order chi connectivity index (χ1) is 32.7. The molecule has 4 N–H and O–H groups in total. The van der Waals surface area contributed by atoms with Crippen LogP contribution < -0.4 is 20.7 Å². The van der Waals surface area contributed by atoms with E-state index < -0.39 is 65.4 Å². The van der Waals surface area contributed by atoms with Gasteiger partial charge >= 0.3 is 12.0 Å². The Morgan fingerprint density at radius 3 is 2.21 bits per heavy atom. The van der Waals surface area contributed by atoms with Crippen LogP contribution in [0, 0.1) is 17.8 Å². The maximum atomic E-state index is 16.3. The van der Waals surface area contributed by atoms with Crippen molar-refractivity contribution in [3.05, 3.63) is 191 Å². The maximum Gasteiger partial charge on any atom is 0.329 e. The number of benzene rings is 6. The largest absolute Gasteiger partial charge is 0.491 e. The highest BCUT2D eigenvalue weighted by Crippen LogP contribution is 2.65. The van der Waals surface area contributed by atoms with E-state index >= 15 is 9.59 Å². The molecule has 3 aliphatic rings. The molecule has 7 unspecified atom stereocenters. The van der Waals surface area contributed by atoms with E-state index in [0.29, 0.717) is 22.4 Å². The van der Waals surface area contributed by atoms with Gasteiger partial charge in [-0.25, -0.2) is 14.4 Å². The zero-order valence-corrected chi connectivity index (χ0v) is 36.3. The molecule has 67 heavy (non-hydrogen) atoms. The van der Waals surface area contributed by atoms with E-state index in [0.717, 1.165) is 27.1 Å². The number of fused-ring (bicyclic) bond motifs is 4. The number of hydrogen-bond acceptors (Lipinski definition) is 10. The van der Waals surface area contributed by atoms with E-state index in [2.05, 4.69) is 27.5 Å². The number of amides is 4. The van der Waals surface area contributed by atoms with Gasteiger partial charge in [-0.05, 0) is 77.2 Å². The molecule has 3 aliphatic heterocycles. The number of anilines is 1. The zero-order chi connectivity index (χ0) is 46.2. The number of imide groups is 1. The molecule has 2 saturated heterocycles. The molecule has 14 nitrogen and oxygen atoms in total. The van der Waals surface area contributed by atoms with Crippen LogP contribution in [0.1, 0.15) is 64.5 Å². The van der Waals surface area contributed by atoms with Crippen LogP contribution in [0.25, 0.3) is 11.0 Å². The van der Waals surface area contributed by atoms with Gasteiger partial charge in [-0.3, -0.25) is 19.3 Å². The van der Waals surface area contributed by atoms with Crippen molar-refractivity contribution in [2.24, 2.45) is 11.7 Å². The summed E-state index contributed by atoms with van der Waals surface area (Å²) in [6.45, 7) is 1.83. The second-order valence-corrected chi connectivity index (χ2v) is 16.8. The van der Waals surface area contributed by atoms with Gasteiger partial charge in [0.15, 0.2) is 0 Å². The number of rotatable bonds is 10. The molecule has 0 aliphatic carbocycles. The minimum absolute atomic E-state index is 0.0413. The van der Waals surface area contributed by atoms with Crippen molar-refractivity contribution in [1.29, 1.82) is 0 Å². The number of ether oxygens (including phenoxy) is 2. The Morgan fingerprint density at radius 2 is 1.51 bits per heavy atom. The van der Waals surface area contributed by atoms with Gasteiger partial charge in [0, 0.05) is 5.56 Å². The van der Waals surface area contributed by atoms with E-state index in [9.17, 15) is 14.7 Å². The lowest BCUT2D eigenvalue weighted by Crippen LogP contribution is -2.55. The average Bonchev–Trinajstić information content (AvgIpc) is 4.00. The molecule has 334 valence electrons. The number of carbonyl (C=O) groups is 4. The fourth-order valence-corrected chi connectivity index (χ4v) is 10.3. The lowest BCUT2D eigenvalue weighted by Gasteiger charge is -2.46. The predicted molar refractivity (Wildman–Crippen MR) is 248 cm³/mol. The number of primary amides is 1. The summed E-state index contributed by atoms with van der Waals surface area (Å²) in [4.78, 5) is 63.8. The smallest absolute Gasteiger partial charge is 0.329 e. The minimum Gasteiger partial charge on any atom is -0.491 e. The number of aliphatic hydroxyl groups is 1. The number of nitrogens with zero attached hydrogens (tertiary/aromatic N) is 5. The van der Waals surface area contributed by atoms with Crippen molar-refractivity contribution in [2.75, 3.05) is 18.1 Å². The molecular formula is C53H45N7O7. The second-order valence-electron chi connectivity index (χ2n) is 16.8. The Labute approximate surface area is 385 Å². The Morgan fingerprint density at radius 1 is 0.836 bits per heavy atom. The zero-order valence-electron chi connectivity index (χ0n) is 36.3. The molecule has 14 heteroatoms. The van der Waals surface area contributed by atoms with Gasteiger partial charge in [0.1, 0.15) is 42.0 Å². The van der Waals surface area contributed by atoms with E-state index in [1.807, 2.05) is 127 Å². The van der Waals surface area contributed by atoms with E-state index in [4.69, 9.17) is 15.2 Å². The van der Waals surface area contributed by atoms with Crippen molar-refractivity contribution >= 4 is 40.5 Å². The third-order valence-corrected chi connectivity index (χ3v) is 13.0. The van der Waals surface area contributed by atoms with E-state index in [1.54, 1.807) is 47.1 Å². The van der Waals surface area contributed by atoms with Crippen LogP contribution in [0.15, 0.2) is 158 Å². The third-order valence-electron chi connectivity index (χ3n) is 13.0. The maximum absolute atomic E-state index is 16.3. The van der Waals surface area contributed by atoms with Crippen molar-refractivity contribution in [3.63, 3.8) is 0 Å². The summed E-state index contributed by atoms with van der Waals surface area (Å²) in [5.74, 6) is 2.86. The monoisotopic (exact) mass is 891 g/mol. The standard InChI is InChI=1S/C53H45N7O7/c1-33(35-15-5-2-6-16-35)55-52(65)59-42-28-23-34(14-13-29-58-43-22-12-11-21-41(43)56-57-58)32-40(42)53(51(59)64)44(49(54)62)46-50(63)67-47(37-19-9-4-10-20-37)45(36-17-7-3-8-18-36)60(46)48(53)38-24-26-39(27-25-38)66-31-30-61/h2-12,15-28,32-33,44-48,61H,29-31H2,1H3,(H2,54,62)(H,55,65). The molecule has 4 heterocycles. The van der Waals surface area contributed by atoms with Crippen LogP contribution in [-0.2, 0) is 31.1 Å². The summed E-state index contributed by atoms with van der Waals surface area (Å²) < 4.78 is 13.9. The molecule has 6 aromatic carbocycles. The Hall–Kier alpha value is -8.12. The first-order valence-corrected chi connectivity index (χ1v) is 22.0. The third kappa shape index (κ3) is 7.34. The molecule has 0 radical (unpaired) electrons. The Kier molecular flexibility index (Phi) is 11.3. The number of esters is 1. The van der Waals surface area contributed by atoms with Gasteiger partial charge in [-0.1, -0.05) is 132 Å². The number of nitrogens with one attached hydrogen (secondary N) is 1. The molecule has 7 atom stereocenters. The summed E-state index contributed by atoms with van der Waals surface area (Å²) >= 11 is 0. The number of carbonyl (C=O) groups excluding carboxylic acids is 4. The first-order valence-electron chi connectivity index (χ1n) is 22.0. The average molecular weight is 892 g/mol. The van der Waals surface area contributed by atoms with Crippen molar-refractivity contribution < 1.29 is 33.8 Å². The first kappa shape index (κ1) is 42.8. The molecule has 7 aromatic rings. The Bertz CT molecular complexity index is 3060. The minimum atomic E-state index is -2.02. The molecule has 2 fully saturated rings. The normalized spacial score (nSPS) is 22.4. The number of morpholine rings is 1. The van der Waals surface area contributed by atoms with Gasteiger partial charge in [0.05, 0.1) is 41.9 Å². The number of cyclic esters (lactones) is 1. The van der Waals surface area contributed by atoms with Gasteiger partial charge in [-0.2, -0.15) is 0 Å². The molecule has 4 amide bonds. The number of urea groups is 1. The van der Waals surface area contributed by atoms with Crippen LogP contribution in [0.2, 0.25) is 0 Å². The number of aliphatic hydroxyl groups excluding tert-OH is 1. The molecule has 10 rings (SSSR count). The topological polar surface area (TPSA) is 182 Å². The van der Waals surface area contributed by atoms with Crippen molar-refractivity contribution in [1.82, 2.24) is 25.2 Å². The number of para-hydroxylation sites is 1. The highest BCUT2D eigenvalue weighted by molar-refractivity contribution is 6.24. The van der Waals surface area contributed by atoms with Crippen LogP contribution in [-0.4, -0.2) is 68.1 Å². The molecule has 0 saturated carbocycles. The quantitative estimate of drug-likeness (QED) is 0.102. The summed E-state index contributed by atoms with van der Waals surface area (Å²) in [5, 5.41) is 21.1. The highest BCUT2D eigenvalue weighted by Gasteiger charge is 2.75. The highest BCUT2D eigenvalue weighted by atomic mass is 16.6. The van der Waals surface area contributed by atoms with E-state index in [-0.39, 0.29) is 31.0 Å². The molecule has 1 aromatic heterocycles. The summed E-state index contributed by atoms with van der Waals surface area (Å²) in [5.41, 5.74) is 9.80. The summed E-state index contributed by atoms with van der Waals surface area (Å²) in [6.07, 6.45) is -0.905. The van der Waals surface area contributed by atoms with Crippen molar-refractivity contribution in [2.45, 2.75) is 49.2 Å². The molecule has 0 bridgehead atoms. The van der Waals surface area contributed by atoms with Crippen LogP contribution in [0.5, 0.6) is 5.75 Å². The second kappa shape index (κ2) is 17.7. The van der Waals surface area contributed by atoms with Crippen LogP contribution in [0.4, 0.5) is 10.5 Å². The van der Waals surface area contributed by atoms with Gasteiger partial charge in [0.25, 0.3) is 0 Å². The molecule has 1 spiro atoms. The molecular weight excluding hydrogens is 847 g/mol. The van der Waals surface area contributed by atoms with Crippen molar-refractivity contribution in [3.8, 4) is 17.6 Å².